The van der Waals surface area contributed by atoms with E-state index in [1.807, 2.05) is 0 Å². The van der Waals surface area contributed by atoms with Gasteiger partial charge in [0, 0.05) is 18.7 Å². The Hall–Kier alpha value is -1.52. The second kappa shape index (κ2) is 17.9. The van der Waals surface area contributed by atoms with Gasteiger partial charge in [-0.3, -0.25) is 4.79 Å². The van der Waals surface area contributed by atoms with Gasteiger partial charge in [-0.05, 0) is 31.0 Å². The van der Waals surface area contributed by atoms with Gasteiger partial charge in [-0.25, -0.2) is 0 Å². The number of amides is 1. The fourth-order valence-corrected chi connectivity index (χ4v) is 4.17. The Morgan fingerprint density at radius 2 is 1.15 bits per heavy atom. The van der Waals surface area contributed by atoms with E-state index < -0.39 is 11.7 Å². The van der Waals surface area contributed by atoms with E-state index in [1.54, 1.807) is 4.90 Å². The quantitative estimate of drug-likeness (QED) is 0.185. The lowest BCUT2D eigenvalue weighted by molar-refractivity contribution is -0.137. The Labute approximate surface area is 200 Å². The molecule has 1 aromatic carbocycles. The fraction of sp³-hybridized carbons (Fsp3) is 0.750. The van der Waals surface area contributed by atoms with Crippen LogP contribution in [0.2, 0.25) is 0 Å². The monoisotopic (exact) mass is 469 g/mol. The summed E-state index contributed by atoms with van der Waals surface area (Å²) in [6, 6.07) is 4.80. The van der Waals surface area contributed by atoms with Gasteiger partial charge in [0.1, 0.15) is 0 Å². The van der Waals surface area contributed by atoms with Gasteiger partial charge in [0.2, 0.25) is 0 Å². The molecule has 0 spiro atoms. The van der Waals surface area contributed by atoms with E-state index >= 15 is 0 Å². The van der Waals surface area contributed by atoms with Crippen LogP contribution in [0.4, 0.5) is 13.2 Å². The first kappa shape index (κ1) is 29.5. The number of carbonyl (C=O) groups is 1. The van der Waals surface area contributed by atoms with Crippen molar-refractivity contribution in [2.75, 3.05) is 13.1 Å². The maximum Gasteiger partial charge on any atom is 0.416 e. The molecule has 0 aromatic heterocycles. The molecule has 0 N–H and O–H groups in total. The van der Waals surface area contributed by atoms with Crippen LogP contribution in [0.5, 0.6) is 0 Å². The third-order valence-electron chi connectivity index (χ3n) is 6.29. The van der Waals surface area contributed by atoms with Crippen molar-refractivity contribution in [3.63, 3.8) is 0 Å². The molecule has 0 saturated heterocycles. The molecule has 0 fully saturated rings. The third kappa shape index (κ3) is 13.7. The van der Waals surface area contributed by atoms with Gasteiger partial charge in [-0.1, -0.05) is 110 Å². The van der Waals surface area contributed by atoms with E-state index in [9.17, 15) is 18.0 Å². The van der Waals surface area contributed by atoms with E-state index in [2.05, 4.69) is 13.8 Å². The van der Waals surface area contributed by atoms with Crippen LogP contribution in [0.3, 0.4) is 0 Å². The molecule has 0 radical (unpaired) electrons. The SMILES string of the molecule is CCCCCCCCCCCCCCCCN(CCCC)C(=O)c1cccc(C(F)(F)F)c1. The van der Waals surface area contributed by atoms with Gasteiger partial charge in [0.05, 0.1) is 5.56 Å². The molecule has 0 aliphatic carbocycles. The van der Waals surface area contributed by atoms with Crippen molar-refractivity contribution < 1.29 is 18.0 Å². The molecular formula is C28H46F3NO. The Balaban J connectivity index is 2.25. The summed E-state index contributed by atoms with van der Waals surface area (Å²) in [5, 5.41) is 0. The lowest BCUT2D eigenvalue weighted by atomic mass is 10.0. The molecule has 0 saturated carbocycles. The molecular weight excluding hydrogens is 423 g/mol. The van der Waals surface area contributed by atoms with Crippen molar-refractivity contribution >= 4 is 5.91 Å². The Bertz CT molecular complexity index is 630. The van der Waals surface area contributed by atoms with Crippen molar-refractivity contribution in [1.29, 1.82) is 0 Å². The summed E-state index contributed by atoms with van der Waals surface area (Å²) in [5.41, 5.74) is -0.633. The predicted octanol–water partition coefficient (Wildman–Crippen LogP) is 9.43. The zero-order valence-electron chi connectivity index (χ0n) is 21.0. The molecule has 0 unspecified atom stereocenters. The molecule has 0 aliphatic rings. The first-order valence-corrected chi connectivity index (χ1v) is 13.4. The molecule has 0 heterocycles. The van der Waals surface area contributed by atoms with E-state index in [4.69, 9.17) is 0 Å². The van der Waals surface area contributed by atoms with Gasteiger partial charge in [-0.15, -0.1) is 0 Å². The van der Waals surface area contributed by atoms with E-state index in [-0.39, 0.29) is 11.5 Å². The van der Waals surface area contributed by atoms with Crippen LogP contribution >= 0.6 is 0 Å². The van der Waals surface area contributed by atoms with Gasteiger partial charge in [0.15, 0.2) is 0 Å². The molecule has 2 nitrogen and oxygen atoms in total. The van der Waals surface area contributed by atoms with Gasteiger partial charge >= 0.3 is 6.18 Å². The summed E-state index contributed by atoms with van der Waals surface area (Å²) in [7, 11) is 0. The van der Waals surface area contributed by atoms with Crippen molar-refractivity contribution in [2.45, 2.75) is 123 Å². The second-order valence-electron chi connectivity index (χ2n) is 9.32. The number of benzene rings is 1. The minimum atomic E-state index is -4.43. The van der Waals surface area contributed by atoms with Gasteiger partial charge in [0.25, 0.3) is 5.91 Å². The lowest BCUT2D eigenvalue weighted by Gasteiger charge is -2.23. The summed E-state index contributed by atoms with van der Waals surface area (Å²) in [5.74, 6) is -0.288. The second-order valence-corrected chi connectivity index (χ2v) is 9.32. The minimum absolute atomic E-state index is 0.131. The average Bonchev–Trinajstić information content (AvgIpc) is 2.80. The summed E-state index contributed by atoms with van der Waals surface area (Å²) in [4.78, 5) is 14.6. The van der Waals surface area contributed by atoms with Crippen molar-refractivity contribution in [1.82, 2.24) is 4.90 Å². The normalized spacial score (nSPS) is 11.7. The molecule has 1 aromatic rings. The Kier molecular flexibility index (Phi) is 16.0. The predicted molar refractivity (Wildman–Crippen MR) is 133 cm³/mol. The van der Waals surface area contributed by atoms with Crippen LogP contribution in [0, 0.1) is 0 Å². The highest BCUT2D eigenvalue weighted by atomic mass is 19.4. The number of alkyl halides is 3. The van der Waals surface area contributed by atoms with E-state index in [0.29, 0.717) is 13.1 Å². The fourth-order valence-electron chi connectivity index (χ4n) is 4.17. The Morgan fingerprint density at radius 1 is 0.697 bits per heavy atom. The number of hydrogen-bond donors (Lipinski definition) is 0. The Morgan fingerprint density at radius 3 is 1.64 bits per heavy atom. The summed E-state index contributed by atoms with van der Waals surface area (Å²) < 4.78 is 39.0. The molecule has 0 bridgehead atoms. The maximum atomic E-state index is 13.0. The minimum Gasteiger partial charge on any atom is -0.339 e. The molecule has 1 amide bonds. The molecule has 190 valence electrons. The zero-order chi connectivity index (χ0) is 24.4. The summed E-state index contributed by atoms with van der Waals surface area (Å²) >= 11 is 0. The number of halogens is 3. The topological polar surface area (TPSA) is 20.3 Å². The van der Waals surface area contributed by atoms with Gasteiger partial charge in [-0.2, -0.15) is 13.2 Å². The number of carbonyl (C=O) groups excluding carboxylic acids is 1. The van der Waals surface area contributed by atoms with Crippen molar-refractivity contribution in [3.05, 3.63) is 35.4 Å². The first-order valence-electron chi connectivity index (χ1n) is 13.4. The van der Waals surface area contributed by atoms with Crippen molar-refractivity contribution in [2.24, 2.45) is 0 Å². The molecule has 0 atom stereocenters. The largest absolute Gasteiger partial charge is 0.416 e. The van der Waals surface area contributed by atoms with Crippen LogP contribution in [0.25, 0.3) is 0 Å². The zero-order valence-corrected chi connectivity index (χ0v) is 21.0. The van der Waals surface area contributed by atoms with Crippen LogP contribution in [-0.2, 0) is 6.18 Å². The van der Waals surface area contributed by atoms with Gasteiger partial charge < -0.3 is 4.90 Å². The lowest BCUT2D eigenvalue weighted by Crippen LogP contribution is -2.33. The molecule has 1 rings (SSSR count). The van der Waals surface area contributed by atoms with Crippen LogP contribution in [-0.4, -0.2) is 23.9 Å². The van der Waals surface area contributed by atoms with Crippen LogP contribution in [0.1, 0.15) is 133 Å². The number of rotatable bonds is 19. The molecule has 33 heavy (non-hydrogen) atoms. The summed E-state index contributed by atoms with van der Waals surface area (Å²) in [6.45, 7) is 5.53. The van der Waals surface area contributed by atoms with Crippen LogP contribution < -0.4 is 0 Å². The molecule has 5 heteroatoms. The number of hydrogen-bond acceptors (Lipinski definition) is 1. The van der Waals surface area contributed by atoms with E-state index in [1.165, 1.54) is 82.8 Å². The maximum absolute atomic E-state index is 13.0. The van der Waals surface area contributed by atoms with E-state index in [0.717, 1.165) is 44.2 Å². The highest BCUT2D eigenvalue weighted by Gasteiger charge is 2.31. The summed E-state index contributed by atoms with van der Waals surface area (Å²) in [6.07, 6.45) is 15.2. The highest BCUT2D eigenvalue weighted by Crippen LogP contribution is 2.29. The first-order chi connectivity index (χ1) is 15.9. The van der Waals surface area contributed by atoms with Crippen molar-refractivity contribution in [3.8, 4) is 0 Å². The third-order valence-corrected chi connectivity index (χ3v) is 6.29. The van der Waals surface area contributed by atoms with Crippen LogP contribution in [0.15, 0.2) is 24.3 Å². The number of unbranched alkanes of at least 4 members (excludes halogenated alkanes) is 14. The number of nitrogens with zero attached hydrogens (tertiary/aromatic N) is 1. The standard InChI is InChI=1S/C28H46F3NO/c1-3-5-7-8-9-10-11-12-13-14-15-16-17-18-23-32(22-6-4-2)27(33)25-20-19-21-26(24-25)28(29,30)31/h19-21,24H,3-18,22-23H2,1-2H3. The smallest absolute Gasteiger partial charge is 0.339 e. The average molecular weight is 470 g/mol. The molecule has 0 aliphatic heterocycles. The highest BCUT2D eigenvalue weighted by molar-refractivity contribution is 5.94.